The Morgan fingerprint density at radius 1 is 1.10 bits per heavy atom. The first-order valence-electron chi connectivity index (χ1n) is 10.1. The van der Waals surface area contributed by atoms with Crippen LogP contribution in [0, 0.1) is 13.8 Å². The standard InChI is InChI=1S/C23H28N2O5/c1-15-8-6-12-20(16(15)2)30-17(3)22(26)24-25-23(27)19-10-4-5-11-21(19)29-14-18-9-7-13-28-18/h4-6,8,10-12,17-18H,7,9,13-14H2,1-3H3,(H,24,26)(H,25,27). The van der Waals surface area contributed by atoms with Crippen LogP contribution in [0.25, 0.3) is 0 Å². The van der Waals surface area contributed by atoms with E-state index in [1.807, 2.05) is 32.0 Å². The fourth-order valence-corrected chi connectivity index (χ4v) is 3.12. The predicted octanol–water partition coefficient (Wildman–Crippen LogP) is 3.09. The van der Waals surface area contributed by atoms with Gasteiger partial charge in [0.1, 0.15) is 18.1 Å². The van der Waals surface area contributed by atoms with Crippen LogP contribution in [0.5, 0.6) is 11.5 Å². The van der Waals surface area contributed by atoms with E-state index in [1.54, 1.807) is 31.2 Å². The molecule has 0 radical (unpaired) electrons. The number of amides is 2. The minimum atomic E-state index is -0.781. The maximum Gasteiger partial charge on any atom is 0.279 e. The number of aryl methyl sites for hydroxylation is 1. The quantitative estimate of drug-likeness (QED) is 0.683. The first-order chi connectivity index (χ1) is 14.5. The van der Waals surface area contributed by atoms with Gasteiger partial charge in [-0.05, 0) is 62.9 Å². The van der Waals surface area contributed by atoms with Gasteiger partial charge in [-0.1, -0.05) is 24.3 Å². The molecule has 1 heterocycles. The second-order valence-corrected chi connectivity index (χ2v) is 7.34. The van der Waals surface area contributed by atoms with Crippen LogP contribution in [-0.2, 0) is 9.53 Å². The zero-order valence-electron chi connectivity index (χ0n) is 17.6. The zero-order chi connectivity index (χ0) is 21.5. The summed E-state index contributed by atoms with van der Waals surface area (Å²) >= 11 is 0. The number of benzene rings is 2. The van der Waals surface area contributed by atoms with Gasteiger partial charge in [0.2, 0.25) is 0 Å². The minimum absolute atomic E-state index is 0.0453. The average Bonchev–Trinajstić information content (AvgIpc) is 3.27. The van der Waals surface area contributed by atoms with Gasteiger partial charge in [0.05, 0.1) is 11.7 Å². The number of hydrogen-bond donors (Lipinski definition) is 2. The van der Waals surface area contributed by atoms with Crippen molar-refractivity contribution < 1.29 is 23.8 Å². The lowest BCUT2D eigenvalue weighted by Crippen LogP contribution is -2.47. The molecule has 0 spiro atoms. The Morgan fingerprint density at radius 3 is 2.63 bits per heavy atom. The molecule has 30 heavy (non-hydrogen) atoms. The van der Waals surface area contributed by atoms with Gasteiger partial charge in [-0.2, -0.15) is 0 Å². The van der Waals surface area contributed by atoms with Gasteiger partial charge in [-0.15, -0.1) is 0 Å². The summed E-state index contributed by atoms with van der Waals surface area (Å²) in [5, 5.41) is 0. The normalized spacial score (nSPS) is 16.6. The highest BCUT2D eigenvalue weighted by Gasteiger charge is 2.20. The van der Waals surface area contributed by atoms with E-state index in [4.69, 9.17) is 14.2 Å². The van der Waals surface area contributed by atoms with E-state index < -0.39 is 17.9 Å². The first kappa shape index (κ1) is 21.6. The minimum Gasteiger partial charge on any atom is -0.490 e. The third-order valence-electron chi connectivity index (χ3n) is 5.11. The molecule has 1 saturated heterocycles. The molecule has 2 aromatic carbocycles. The molecule has 1 fully saturated rings. The van der Waals surface area contributed by atoms with Crippen LogP contribution in [-0.4, -0.2) is 37.2 Å². The highest BCUT2D eigenvalue weighted by molar-refractivity contribution is 5.98. The van der Waals surface area contributed by atoms with Crippen LogP contribution >= 0.6 is 0 Å². The Kier molecular flexibility index (Phi) is 7.30. The van der Waals surface area contributed by atoms with Crippen LogP contribution in [0.15, 0.2) is 42.5 Å². The number of nitrogens with one attached hydrogen (secondary N) is 2. The molecule has 2 atom stereocenters. The fourth-order valence-electron chi connectivity index (χ4n) is 3.12. The average molecular weight is 412 g/mol. The molecular weight excluding hydrogens is 384 g/mol. The predicted molar refractivity (Wildman–Crippen MR) is 113 cm³/mol. The monoisotopic (exact) mass is 412 g/mol. The molecule has 7 heteroatoms. The van der Waals surface area contributed by atoms with E-state index >= 15 is 0 Å². The van der Waals surface area contributed by atoms with E-state index in [9.17, 15) is 9.59 Å². The molecule has 0 saturated carbocycles. The van der Waals surface area contributed by atoms with Crippen LogP contribution in [0.1, 0.15) is 41.3 Å². The third-order valence-corrected chi connectivity index (χ3v) is 5.11. The fraction of sp³-hybridized carbons (Fsp3) is 0.391. The summed E-state index contributed by atoms with van der Waals surface area (Å²) < 4.78 is 17.1. The number of ether oxygens (including phenoxy) is 3. The van der Waals surface area contributed by atoms with Gasteiger partial charge >= 0.3 is 0 Å². The number of hydrogen-bond acceptors (Lipinski definition) is 5. The van der Waals surface area contributed by atoms with Gasteiger partial charge in [-0.25, -0.2) is 0 Å². The van der Waals surface area contributed by atoms with E-state index in [0.29, 0.717) is 23.7 Å². The van der Waals surface area contributed by atoms with Crippen molar-refractivity contribution in [3.63, 3.8) is 0 Å². The Bertz CT molecular complexity index is 893. The van der Waals surface area contributed by atoms with E-state index in [0.717, 1.165) is 30.6 Å². The number of para-hydroxylation sites is 1. The molecule has 0 aromatic heterocycles. The lowest BCUT2D eigenvalue weighted by Gasteiger charge is -2.18. The lowest BCUT2D eigenvalue weighted by molar-refractivity contribution is -0.128. The molecule has 160 valence electrons. The Labute approximate surface area is 176 Å². The van der Waals surface area contributed by atoms with Gasteiger partial charge in [-0.3, -0.25) is 20.4 Å². The number of carbonyl (C=O) groups is 2. The topological polar surface area (TPSA) is 85.9 Å². The van der Waals surface area contributed by atoms with Crippen LogP contribution in [0.2, 0.25) is 0 Å². The van der Waals surface area contributed by atoms with Crippen molar-refractivity contribution in [1.29, 1.82) is 0 Å². The van der Waals surface area contributed by atoms with Gasteiger partial charge in [0, 0.05) is 6.61 Å². The second kappa shape index (κ2) is 10.1. The molecular formula is C23H28N2O5. The summed E-state index contributed by atoms with van der Waals surface area (Å²) in [4.78, 5) is 24.9. The van der Waals surface area contributed by atoms with Crippen molar-refractivity contribution in [3.8, 4) is 11.5 Å². The number of carbonyl (C=O) groups excluding carboxylic acids is 2. The molecule has 2 unspecified atom stereocenters. The van der Waals surface area contributed by atoms with Crippen molar-refractivity contribution in [2.45, 2.75) is 45.8 Å². The molecule has 0 bridgehead atoms. The Balaban J connectivity index is 1.54. The van der Waals surface area contributed by atoms with Crippen molar-refractivity contribution in [2.75, 3.05) is 13.2 Å². The summed E-state index contributed by atoms with van der Waals surface area (Å²) in [6.45, 7) is 6.67. The smallest absolute Gasteiger partial charge is 0.279 e. The SMILES string of the molecule is Cc1cccc(OC(C)C(=O)NNC(=O)c2ccccc2OCC2CCCO2)c1C. The molecule has 1 aliphatic heterocycles. The lowest BCUT2D eigenvalue weighted by atomic mass is 10.1. The maximum absolute atomic E-state index is 12.6. The Morgan fingerprint density at radius 2 is 1.87 bits per heavy atom. The van der Waals surface area contributed by atoms with Crippen LogP contribution in [0.3, 0.4) is 0 Å². The van der Waals surface area contributed by atoms with Crippen LogP contribution < -0.4 is 20.3 Å². The summed E-state index contributed by atoms with van der Waals surface area (Å²) in [7, 11) is 0. The molecule has 2 aromatic rings. The first-order valence-corrected chi connectivity index (χ1v) is 10.1. The highest BCUT2D eigenvalue weighted by Crippen LogP contribution is 2.22. The van der Waals surface area contributed by atoms with E-state index in [2.05, 4.69) is 10.9 Å². The molecule has 3 rings (SSSR count). The Hall–Kier alpha value is -3.06. The largest absolute Gasteiger partial charge is 0.490 e. The molecule has 7 nitrogen and oxygen atoms in total. The van der Waals surface area contributed by atoms with Gasteiger partial charge in [0.15, 0.2) is 6.10 Å². The van der Waals surface area contributed by atoms with Crippen molar-refractivity contribution >= 4 is 11.8 Å². The molecule has 1 aliphatic rings. The zero-order valence-corrected chi connectivity index (χ0v) is 17.6. The van der Waals surface area contributed by atoms with Crippen molar-refractivity contribution in [1.82, 2.24) is 10.9 Å². The van der Waals surface area contributed by atoms with E-state index in [1.165, 1.54) is 0 Å². The second-order valence-electron chi connectivity index (χ2n) is 7.34. The number of rotatable bonds is 7. The third kappa shape index (κ3) is 5.51. The van der Waals surface area contributed by atoms with Crippen LogP contribution in [0.4, 0.5) is 0 Å². The summed E-state index contributed by atoms with van der Waals surface area (Å²) in [5.41, 5.74) is 7.23. The summed E-state index contributed by atoms with van der Waals surface area (Å²) in [5.74, 6) is 0.156. The van der Waals surface area contributed by atoms with E-state index in [-0.39, 0.29) is 6.10 Å². The van der Waals surface area contributed by atoms with Gasteiger partial charge in [0.25, 0.3) is 11.8 Å². The maximum atomic E-state index is 12.6. The number of hydrazine groups is 1. The van der Waals surface area contributed by atoms with Crippen molar-refractivity contribution in [3.05, 3.63) is 59.2 Å². The molecule has 2 amide bonds. The summed E-state index contributed by atoms with van der Waals surface area (Å²) in [6, 6.07) is 12.6. The van der Waals surface area contributed by atoms with Crippen molar-refractivity contribution in [2.24, 2.45) is 0 Å². The highest BCUT2D eigenvalue weighted by atomic mass is 16.5. The van der Waals surface area contributed by atoms with Gasteiger partial charge < -0.3 is 14.2 Å². The summed E-state index contributed by atoms with van der Waals surface area (Å²) in [6.07, 6.45) is 1.23. The molecule has 0 aliphatic carbocycles. The molecule has 2 N–H and O–H groups in total.